The van der Waals surface area contributed by atoms with Gasteiger partial charge < -0.3 is 50.5 Å². The van der Waals surface area contributed by atoms with Crippen LogP contribution in [0.4, 0.5) is 0 Å². The molecule has 1 amide bonds. The molecule has 11 nitrogen and oxygen atoms in total. The molecule has 1 aliphatic rings. The van der Waals surface area contributed by atoms with Crippen LogP contribution < -0.4 is 5.32 Å². The normalized spacial score (nSPS) is 19.7. The van der Waals surface area contributed by atoms with Crippen LogP contribution in [0.15, 0.2) is 24.3 Å². The molecular weight excluding hydrogens is 955 g/mol. The number of aliphatic hydroxyl groups excluding tert-OH is 7. The quantitative estimate of drug-likeness (QED) is 0.0215. The van der Waals surface area contributed by atoms with Crippen molar-refractivity contribution in [1.82, 2.24) is 5.32 Å². The summed E-state index contributed by atoms with van der Waals surface area (Å²) in [5.74, 6) is -0.704. The van der Waals surface area contributed by atoms with Gasteiger partial charge in [0.1, 0.15) is 36.6 Å². The number of unbranched alkanes of at least 4 members (excludes halogenated alkanes) is 41. The van der Waals surface area contributed by atoms with E-state index in [0.29, 0.717) is 19.3 Å². The zero-order valence-electron chi connectivity index (χ0n) is 49.5. The summed E-state index contributed by atoms with van der Waals surface area (Å²) >= 11 is 0. The number of allylic oxidation sites excluding steroid dienone is 4. The first-order chi connectivity index (χ1) is 37.2. The lowest BCUT2D eigenvalue weighted by molar-refractivity contribution is -0.303. The summed E-state index contributed by atoms with van der Waals surface area (Å²) in [6.07, 6.45) is 55.4. The van der Waals surface area contributed by atoms with Gasteiger partial charge in [0.25, 0.3) is 0 Å². The van der Waals surface area contributed by atoms with Crippen molar-refractivity contribution >= 4 is 5.91 Å². The molecule has 1 saturated heterocycles. The van der Waals surface area contributed by atoms with E-state index in [4.69, 9.17) is 9.47 Å². The fourth-order valence-corrected chi connectivity index (χ4v) is 10.7. The Labute approximate surface area is 467 Å². The molecule has 1 heterocycles. The first-order valence-corrected chi connectivity index (χ1v) is 32.7. The predicted octanol–water partition coefficient (Wildman–Crippen LogP) is 14.9. The Morgan fingerprint density at radius 2 is 0.789 bits per heavy atom. The van der Waals surface area contributed by atoms with Crippen molar-refractivity contribution in [3.8, 4) is 0 Å². The number of hydrogen-bond donors (Lipinski definition) is 8. The van der Waals surface area contributed by atoms with Gasteiger partial charge in [0, 0.05) is 0 Å². The highest BCUT2D eigenvalue weighted by Gasteiger charge is 2.44. The summed E-state index contributed by atoms with van der Waals surface area (Å²) in [6, 6.07) is -1.19. The monoisotopic (exact) mass is 1080 g/mol. The van der Waals surface area contributed by atoms with Crippen molar-refractivity contribution in [1.29, 1.82) is 0 Å². The number of ether oxygens (including phenoxy) is 2. The van der Waals surface area contributed by atoms with Crippen molar-refractivity contribution < 1.29 is 50.0 Å². The molecule has 0 bridgehead atoms. The van der Waals surface area contributed by atoms with Crippen molar-refractivity contribution in [3.05, 3.63) is 24.3 Å². The molecule has 11 heteroatoms. The molecule has 0 aliphatic carbocycles. The van der Waals surface area contributed by atoms with E-state index in [-0.39, 0.29) is 12.8 Å². The maximum atomic E-state index is 13.2. The zero-order valence-corrected chi connectivity index (χ0v) is 49.5. The van der Waals surface area contributed by atoms with E-state index in [1.807, 2.05) is 0 Å². The summed E-state index contributed by atoms with van der Waals surface area (Å²) in [5, 5.41) is 76.3. The van der Waals surface area contributed by atoms with Gasteiger partial charge >= 0.3 is 0 Å². The minimum absolute atomic E-state index is 0.249. The van der Waals surface area contributed by atoms with Crippen molar-refractivity contribution in [2.24, 2.45) is 0 Å². The second-order valence-corrected chi connectivity index (χ2v) is 23.2. The summed E-state index contributed by atoms with van der Waals surface area (Å²) in [4.78, 5) is 13.2. The number of carbonyl (C=O) groups excluding carboxylic acids is 1. The van der Waals surface area contributed by atoms with Gasteiger partial charge in [0.05, 0.1) is 25.4 Å². The summed E-state index contributed by atoms with van der Waals surface area (Å²) < 4.78 is 11.2. The van der Waals surface area contributed by atoms with E-state index in [9.17, 15) is 40.5 Å². The Kier molecular flexibility index (Phi) is 51.8. The minimum atomic E-state index is -1.67. The molecule has 9 atom stereocenters. The van der Waals surface area contributed by atoms with E-state index < -0.39 is 74.2 Å². The van der Waals surface area contributed by atoms with Gasteiger partial charge in [-0.3, -0.25) is 4.79 Å². The van der Waals surface area contributed by atoms with E-state index in [2.05, 4.69) is 43.5 Å². The van der Waals surface area contributed by atoms with Crippen molar-refractivity contribution in [2.75, 3.05) is 13.2 Å². The summed E-state index contributed by atoms with van der Waals surface area (Å²) in [5.41, 5.74) is 0. The fourth-order valence-electron chi connectivity index (χ4n) is 10.7. The molecule has 1 rings (SSSR count). The Bertz CT molecular complexity index is 1280. The highest BCUT2D eigenvalue weighted by molar-refractivity contribution is 5.80. The van der Waals surface area contributed by atoms with Gasteiger partial charge in [-0.1, -0.05) is 289 Å². The van der Waals surface area contributed by atoms with Crippen LogP contribution in [0.3, 0.4) is 0 Å². The highest BCUT2D eigenvalue weighted by Crippen LogP contribution is 2.24. The fraction of sp³-hybridized carbons (Fsp3) is 0.923. The zero-order chi connectivity index (χ0) is 55.4. The molecule has 1 aliphatic heterocycles. The molecule has 1 fully saturated rings. The number of amides is 1. The lowest BCUT2D eigenvalue weighted by Gasteiger charge is -2.40. The first-order valence-electron chi connectivity index (χ1n) is 32.7. The lowest BCUT2D eigenvalue weighted by atomic mass is 9.98. The van der Waals surface area contributed by atoms with E-state index in [1.54, 1.807) is 0 Å². The third-order valence-electron chi connectivity index (χ3n) is 16.0. The van der Waals surface area contributed by atoms with Crippen LogP contribution in [0.1, 0.15) is 316 Å². The first kappa shape index (κ1) is 72.6. The predicted molar refractivity (Wildman–Crippen MR) is 316 cm³/mol. The number of nitrogens with one attached hydrogen (secondary N) is 1. The molecule has 450 valence electrons. The topological polar surface area (TPSA) is 189 Å². The molecule has 9 unspecified atom stereocenters. The van der Waals surface area contributed by atoms with Crippen LogP contribution in [0.2, 0.25) is 0 Å². The molecule has 76 heavy (non-hydrogen) atoms. The van der Waals surface area contributed by atoms with Gasteiger partial charge in [0.2, 0.25) is 5.91 Å². The van der Waals surface area contributed by atoms with Crippen LogP contribution in [0, 0.1) is 0 Å². The molecule has 0 aromatic carbocycles. The second-order valence-electron chi connectivity index (χ2n) is 23.2. The Morgan fingerprint density at radius 1 is 0.447 bits per heavy atom. The molecule has 0 aromatic heterocycles. The van der Waals surface area contributed by atoms with Crippen LogP contribution in [-0.2, 0) is 14.3 Å². The summed E-state index contributed by atoms with van der Waals surface area (Å²) in [7, 11) is 0. The average Bonchev–Trinajstić information content (AvgIpc) is 3.42. The molecule has 0 radical (unpaired) electrons. The second kappa shape index (κ2) is 54.2. The van der Waals surface area contributed by atoms with Crippen LogP contribution in [-0.4, -0.2) is 110 Å². The summed E-state index contributed by atoms with van der Waals surface area (Å²) in [6.45, 7) is 3.49. The number of carbonyl (C=O) groups is 1. The van der Waals surface area contributed by atoms with Crippen molar-refractivity contribution in [2.45, 2.75) is 371 Å². The van der Waals surface area contributed by atoms with Crippen LogP contribution in [0.25, 0.3) is 0 Å². The minimum Gasteiger partial charge on any atom is -0.394 e. The van der Waals surface area contributed by atoms with E-state index in [0.717, 1.165) is 38.5 Å². The van der Waals surface area contributed by atoms with E-state index >= 15 is 0 Å². The standard InChI is InChI=1S/C65H125NO10/c1-3-5-7-9-11-13-15-17-19-21-23-25-26-27-28-29-30-31-32-33-35-36-38-40-42-44-46-48-50-52-57(68)60(70)56(55-75-65-63(73)62(72)61(71)59(54-67)76-65)66-64(74)58(69)53-51-49-47-45-43-41-39-37-34-24-22-20-18-16-14-12-10-8-6-4-2/h36,38,44,46,56-63,65,67-73H,3-35,37,39-43,45,47-55H2,1-2H3,(H,66,74)/b38-36+,46-44+. The van der Waals surface area contributed by atoms with Crippen LogP contribution in [0.5, 0.6) is 0 Å². The Hall–Kier alpha value is -1.41. The lowest BCUT2D eigenvalue weighted by Crippen LogP contribution is -2.60. The van der Waals surface area contributed by atoms with Gasteiger partial charge in [-0.15, -0.1) is 0 Å². The van der Waals surface area contributed by atoms with Gasteiger partial charge in [-0.25, -0.2) is 0 Å². The third-order valence-corrected chi connectivity index (χ3v) is 16.0. The smallest absolute Gasteiger partial charge is 0.249 e. The maximum absolute atomic E-state index is 13.2. The van der Waals surface area contributed by atoms with Gasteiger partial charge in [-0.05, 0) is 51.4 Å². The molecule has 8 N–H and O–H groups in total. The number of rotatable bonds is 57. The van der Waals surface area contributed by atoms with Gasteiger partial charge in [-0.2, -0.15) is 0 Å². The molecular formula is C65H125NO10. The van der Waals surface area contributed by atoms with Crippen molar-refractivity contribution in [3.63, 3.8) is 0 Å². The largest absolute Gasteiger partial charge is 0.394 e. The molecule has 0 spiro atoms. The highest BCUT2D eigenvalue weighted by atomic mass is 16.7. The molecule has 0 saturated carbocycles. The van der Waals surface area contributed by atoms with Crippen LogP contribution >= 0.6 is 0 Å². The Balaban J connectivity index is 2.26. The SMILES string of the molecule is CCCCCCCCCCCCCCCCCCCCCC/C=C/CC/C=C/CCCC(O)C(O)C(COC1OC(CO)C(O)C(O)C1O)NC(=O)C(O)CCCCCCCCCCCCCCCCCCCCCC. The third kappa shape index (κ3) is 41.6. The number of hydrogen-bond acceptors (Lipinski definition) is 10. The average molecular weight is 1080 g/mol. The Morgan fingerprint density at radius 3 is 1.17 bits per heavy atom. The van der Waals surface area contributed by atoms with Gasteiger partial charge in [0.15, 0.2) is 6.29 Å². The molecule has 0 aromatic rings. The number of aliphatic hydroxyl groups is 7. The maximum Gasteiger partial charge on any atom is 0.249 e. The van der Waals surface area contributed by atoms with E-state index in [1.165, 1.54) is 231 Å².